The maximum Gasteiger partial charge on any atom is 0.326 e. The van der Waals surface area contributed by atoms with Crippen molar-refractivity contribution in [2.45, 2.75) is 19.9 Å². The Morgan fingerprint density at radius 2 is 2.12 bits per heavy atom. The zero-order valence-electron chi connectivity index (χ0n) is 9.38. The van der Waals surface area contributed by atoms with Crippen LogP contribution >= 0.6 is 0 Å². The molecule has 1 atom stereocenters. The van der Waals surface area contributed by atoms with Gasteiger partial charge in [-0.25, -0.2) is 9.78 Å². The molecule has 1 unspecified atom stereocenters. The van der Waals surface area contributed by atoms with Gasteiger partial charge in [-0.2, -0.15) is 0 Å². The molecule has 1 amide bonds. The molecule has 1 heterocycles. The quantitative estimate of drug-likeness (QED) is 0.823. The topological polar surface area (TPSA) is 83.6 Å². The zero-order valence-corrected chi connectivity index (χ0v) is 9.38. The first-order valence-corrected chi connectivity index (χ1v) is 4.84. The lowest BCUT2D eigenvalue weighted by Gasteiger charge is -2.26. The number of carbonyl (C=O) groups is 2. The first-order valence-electron chi connectivity index (χ1n) is 4.84. The molecular formula is C10H14N2O4. The first kappa shape index (κ1) is 12.2. The summed E-state index contributed by atoms with van der Waals surface area (Å²) in [4.78, 5) is 27.6. The van der Waals surface area contributed by atoms with Crippen LogP contribution in [0.5, 0.6) is 0 Å². The second-order valence-electron chi connectivity index (χ2n) is 3.78. The molecule has 1 rings (SSSR count). The minimum Gasteiger partial charge on any atom is -0.480 e. The van der Waals surface area contributed by atoms with E-state index in [9.17, 15) is 9.59 Å². The average molecular weight is 226 g/mol. The average Bonchev–Trinajstić information content (AvgIpc) is 2.67. The molecule has 1 N–H and O–H groups in total. The van der Waals surface area contributed by atoms with Crippen molar-refractivity contribution in [1.29, 1.82) is 0 Å². The normalized spacial score (nSPS) is 12.5. The molecule has 0 spiro atoms. The molecule has 0 saturated carbocycles. The van der Waals surface area contributed by atoms with Crippen LogP contribution in [-0.2, 0) is 4.79 Å². The lowest BCUT2D eigenvalue weighted by molar-refractivity contribution is -0.143. The summed E-state index contributed by atoms with van der Waals surface area (Å²) < 4.78 is 4.83. The molecule has 16 heavy (non-hydrogen) atoms. The van der Waals surface area contributed by atoms with Crippen molar-refractivity contribution >= 4 is 11.9 Å². The molecule has 1 aromatic rings. The molecule has 0 aliphatic heterocycles. The Labute approximate surface area is 92.9 Å². The van der Waals surface area contributed by atoms with Gasteiger partial charge in [0, 0.05) is 7.05 Å². The Balaban J connectivity index is 2.87. The van der Waals surface area contributed by atoms with E-state index in [0.29, 0.717) is 0 Å². The summed E-state index contributed by atoms with van der Waals surface area (Å²) in [6.45, 7) is 3.47. The largest absolute Gasteiger partial charge is 0.480 e. The number of carboxylic acid groups (broad SMARTS) is 1. The summed E-state index contributed by atoms with van der Waals surface area (Å²) in [7, 11) is 1.42. The minimum atomic E-state index is -1.04. The third-order valence-corrected chi connectivity index (χ3v) is 2.24. The van der Waals surface area contributed by atoms with Crippen LogP contribution in [0.4, 0.5) is 0 Å². The molecule has 0 aliphatic carbocycles. The number of aliphatic carboxylic acids is 1. The van der Waals surface area contributed by atoms with E-state index >= 15 is 0 Å². The van der Waals surface area contributed by atoms with Gasteiger partial charge < -0.3 is 14.4 Å². The summed E-state index contributed by atoms with van der Waals surface area (Å²) in [5.41, 5.74) is 0. The van der Waals surface area contributed by atoms with Gasteiger partial charge in [0.25, 0.3) is 5.89 Å². The van der Waals surface area contributed by atoms with Gasteiger partial charge in [0.05, 0.1) is 6.20 Å². The van der Waals surface area contributed by atoms with Gasteiger partial charge in [-0.05, 0) is 5.92 Å². The first-order chi connectivity index (χ1) is 7.45. The zero-order chi connectivity index (χ0) is 12.3. The second kappa shape index (κ2) is 4.78. The number of amides is 1. The van der Waals surface area contributed by atoms with Crippen molar-refractivity contribution < 1.29 is 19.1 Å². The van der Waals surface area contributed by atoms with Gasteiger partial charge in [0.2, 0.25) is 0 Å². The summed E-state index contributed by atoms with van der Waals surface area (Å²) in [6, 6.07) is -0.889. The van der Waals surface area contributed by atoms with E-state index in [1.807, 2.05) is 0 Å². The Kier molecular flexibility index (Phi) is 3.65. The van der Waals surface area contributed by atoms with Gasteiger partial charge in [-0.1, -0.05) is 13.8 Å². The fraction of sp³-hybridized carbons (Fsp3) is 0.500. The van der Waals surface area contributed by atoms with Crippen molar-refractivity contribution in [2.24, 2.45) is 5.92 Å². The van der Waals surface area contributed by atoms with Crippen LogP contribution in [0.25, 0.3) is 0 Å². The van der Waals surface area contributed by atoms with Gasteiger partial charge in [0.15, 0.2) is 0 Å². The van der Waals surface area contributed by atoms with Gasteiger partial charge in [-0.15, -0.1) is 0 Å². The summed E-state index contributed by atoms with van der Waals surface area (Å²) in [6.07, 6.45) is 2.61. The highest BCUT2D eigenvalue weighted by molar-refractivity contribution is 5.92. The Morgan fingerprint density at radius 1 is 1.50 bits per heavy atom. The van der Waals surface area contributed by atoms with Crippen molar-refractivity contribution in [2.75, 3.05) is 7.05 Å². The molecule has 0 aliphatic rings. The summed E-state index contributed by atoms with van der Waals surface area (Å²) in [5, 5.41) is 9.02. The SMILES string of the molecule is CC(C)C(C(=O)O)N(C)C(=O)c1ncco1. The molecule has 0 fully saturated rings. The molecule has 6 nitrogen and oxygen atoms in total. The number of aromatic nitrogens is 1. The fourth-order valence-electron chi connectivity index (χ4n) is 1.50. The predicted octanol–water partition coefficient (Wildman–Crippen LogP) is 0.856. The van der Waals surface area contributed by atoms with Crippen LogP contribution in [-0.4, -0.2) is 40.0 Å². The van der Waals surface area contributed by atoms with Crippen LogP contribution in [0.3, 0.4) is 0 Å². The Bertz CT molecular complexity index is 372. The van der Waals surface area contributed by atoms with Crippen LogP contribution in [0, 0.1) is 5.92 Å². The number of nitrogens with zero attached hydrogens (tertiary/aromatic N) is 2. The van der Waals surface area contributed by atoms with Crippen LogP contribution in [0.2, 0.25) is 0 Å². The number of hydrogen-bond acceptors (Lipinski definition) is 4. The van der Waals surface area contributed by atoms with E-state index < -0.39 is 17.9 Å². The Hall–Kier alpha value is -1.85. The van der Waals surface area contributed by atoms with E-state index in [4.69, 9.17) is 9.52 Å². The number of rotatable bonds is 4. The maximum absolute atomic E-state index is 11.8. The molecule has 88 valence electrons. The highest BCUT2D eigenvalue weighted by Crippen LogP contribution is 2.12. The molecular weight excluding hydrogens is 212 g/mol. The van der Waals surface area contributed by atoms with E-state index in [1.54, 1.807) is 13.8 Å². The van der Waals surface area contributed by atoms with E-state index in [-0.39, 0.29) is 11.8 Å². The molecule has 0 radical (unpaired) electrons. The van der Waals surface area contributed by atoms with E-state index in [0.717, 1.165) is 4.90 Å². The standard InChI is InChI=1S/C10H14N2O4/c1-6(2)7(10(14)15)12(3)9(13)8-11-4-5-16-8/h4-7H,1-3H3,(H,14,15). The highest BCUT2D eigenvalue weighted by Gasteiger charge is 2.31. The van der Waals surface area contributed by atoms with Crippen molar-refractivity contribution in [1.82, 2.24) is 9.88 Å². The van der Waals surface area contributed by atoms with E-state index in [1.165, 1.54) is 19.5 Å². The molecule has 0 bridgehead atoms. The molecule has 0 saturated heterocycles. The lowest BCUT2D eigenvalue weighted by atomic mass is 10.0. The molecule has 1 aromatic heterocycles. The maximum atomic E-state index is 11.8. The Morgan fingerprint density at radius 3 is 2.50 bits per heavy atom. The lowest BCUT2D eigenvalue weighted by Crippen LogP contribution is -2.45. The van der Waals surface area contributed by atoms with Crippen molar-refractivity contribution in [3.8, 4) is 0 Å². The van der Waals surface area contributed by atoms with Gasteiger partial charge >= 0.3 is 11.9 Å². The summed E-state index contributed by atoms with van der Waals surface area (Å²) in [5.74, 6) is -1.88. The van der Waals surface area contributed by atoms with Crippen molar-refractivity contribution in [3.05, 3.63) is 18.4 Å². The monoisotopic (exact) mass is 226 g/mol. The smallest absolute Gasteiger partial charge is 0.326 e. The van der Waals surface area contributed by atoms with Gasteiger partial charge in [-0.3, -0.25) is 4.79 Å². The third-order valence-electron chi connectivity index (χ3n) is 2.24. The van der Waals surface area contributed by atoms with Crippen LogP contribution < -0.4 is 0 Å². The number of hydrogen-bond donors (Lipinski definition) is 1. The predicted molar refractivity (Wildman–Crippen MR) is 54.9 cm³/mol. The van der Waals surface area contributed by atoms with Crippen molar-refractivity contribution in [3.63, 3.8) is 0 Å². The third kappa shape index (κ3) is 2.39. The number of carbonyl (C=O) groups excluding carboxylic acids is 1. The van der Waals surface area contributed by atoms with Gasteiger partial charge in [0.1, 0.15) is 12.3 Å². The summed E-state index contributed by atoms with van der Waals surface area (Å²) >= 11 is 0. The van der Waals surface area contributed by atoms with Crippen LogP contribution in [0.1, 0.15) is 24.5 Å². The second-order valence-corrected chi connectivity index (χ2v) is 3.78. The number of oxazole rings is 1. The minimum absolute atomic E-state index is 0.102. The fourth-order valence-corrected chi connectivity index (χ4v) is 1.50. The van der Waals surface area contributed by atoms with Crippen LogP contribution in [0.15, 0.2) is 16.9 Å². The highest BCUT2D eigenvalue weighted by atomic mass is 16.4. The number of likely N-dealkylation sites (N-methyl/N-ethyl adjacent to an activating group) is 1. The van der Waals surface area contributed by atoms with E-state index in [2.05, 4.69) is 4.98 Å². The molecule has 6 heteroatoms. The number of carboxylic acids is 1. The molecule has 0 aromatic carbocycles.